The van der Waals surface area contributed by atoms with Crippen molar-refractivity contribution in [3.63, 3.8) is 0 Å². The van der Waals surface area contributed by atoms with Crippen LogP contribution in [-0.2, 0) is 25.6 Å². The van der Waals surface area contributed by atoms with Crippen LogP contribution in [0, 0.1) is 11.3 Å². The molecule has 0 aliphatic carbocycles. The minimum atomic E-state index is -0.868. The highest BCUT2D eigenvalue weighted by molar-refractivity contribution is 5.84. The molecule has 3 unspecified atom stereocenters. The van der Waals surface area contributed by atoms with Crippen LogP contribution in [0.15, 0.2) is 18.2 Å². The molecule has 2 saturated heterocycles. The van der Waals surface area contributed by atoms with Gasteiger partial charge in [0.2, 0.25) is 5.91 Å². The van der Waals surface area contributed by atoms with E-state index in [1.54, 1.807) is 0 Å². The third kappa shape index (κ3) is 5.99. The first kappa shape index (κ1) is 28.4. The fourth-order valence-electron chi connectivity index (χ4n) is 6.10. The first-order chi connectivity index (χ1) is 18.2. The summed E-state index contributed by atoms with van der Waals surface area (Å²) in [5.41, 5.74) is 1.68. The molecule has 0 spiro atoms. The largest absolute Gasteiger partial charge is 0.493 e. The zero-order valence-corrected chi connectivity index (χ0v) is 23.3. The minimum absolute atomic E-state index is 0.0855. The van der Waals surface area contributed by atoms with Crippen molar-refractivity contribution in [2.45, 2.75) is 71.8 Å². The summed E-state index contributed by atoms with van der Waals surface area (Å²) in [5, 5.41) is 11.9. The Labute approximate surface area is 226 Å². The lowest BCUT2D eigenvalue weighted by molar-refractivity contribution is -0.188. The summed E-state index contributed by atoms with van der Waals surface area (Å²) in [6.07, 6.45) is 3.67. The van der Waals surface area contributed by atoms with E-state index >= 15 is 0 Å². The van der Waals surface area contributed by atoms with Gasteiger partial charge in [-0.2, -0.15) is 0 Å². The van der Waals surface area contributed by atoms with Crippen molar-refractivity contribution in [3.05, 3.63) is 29.3 Å². The Hall–Kier alpha value is -2.65. The molecule has 3 atom stereocenters. The van der Waals surface area contributed by atoms with Gasteiger partial charge in [-0.1, -0.05) is 39.8 Å². The van der Waals surface area contributed by atoms with Crippen LogP contribution < -0.4 is 4.74 Å². The van der Waals surface area contributed by atoms with E-state index in [-0.39, 0.29) is 35.7 Å². The van der Waals surface area contributed by atoms with E-state index in [0.717, 1.165) is 42.6 Å². The molecular formula is C29H43N3O6. The summed E-state index contributed by atoms with van der Waals surface area (Å²) in [4.78, 5) is 48.6. The number of fused-ring (bicyclic) bond motifs is 1. The second-order valence-electron chi connectivity index (χ2n) is 11.5. The number of carboxylic acid groups (broad SMARTS) is 1. The van der Waals surface area contributed by atoms with Crippen LogP contribution in [0.1, 0.15) is 70.4 Å². The van der Waals surface area contributed by atoms with Crippen molar-refractivity contribution in [2.24, 2.45) is 11.3 Å². The second-order valence-corrected chi connectivity index (χ2v) is 11.5. The zero-order chi connectivity index (χ0) is 27.4. The van der Waals surface area contributed by atoms with Gasteiger partial charge < -0.3 is 14.7 Å². The number of ether oxygens (including phenoxy) is 1. The van der Waals surface area contributed by atoms with Gasteiger partial charge in [0.1, 0.15) is 5.75 Å². The fourth-order valence-corrected chi connectivity index (χ4v) is 6.10. The normalized spacial score (nSPS) is 24.5. The summed E-state index contributed by atoms with van der Waals surface area (Å²) < 4.78 is 5.66. The van der Waals surface area contributed by atoms with Crippen molar-refractivity contribution < 1.29 is 29.1 Å². The Morgan fingerprint density at radius 3 is 2.68 bits per heavy atom. The van der Waals surface area contributed by atoms with Gasteiger partial charge in [-0.05, 0) is 42.9 Å². The van der Waals surface area contributed by atoms with Gasteiger partial charge in [-0.3, -0.25) is 24.1 Å². The van der Waals surface area contributed by atoms with Crippen LogP contribution in [-0.4, -0.2) is 89.7 Å². The molecule has 1 aromatic carbocycles. The number of hydrogen-bond acceptors (Lipinski definition) is 6. The van der Waals surface area contributed by atoms with Crippen molar-refractivity contribution in [2.75, 3.05) is 45.9 Å². The summed E-state index contributed by atoms with van der Waals surface area (Å²) in [6.45, 7) is 11.2. The molecule has 38 heavy (non-hydrogen) atoms. The fraction of sp³-hybridized carbons (Fsp3) is 0.690. The van der Waals surface area contributed by atoms with Crippen molar-refractivity contribution in [1.29, 1.82) is 0 Å². The molecule has 0 saturated carbocycles. The predicted molar refractivity (Wildman–Crippen MR) is 143 cm³/mol. The van der Waals surface area contributed by atoms with Crippen LogP contribution in [0.2, 0.25) is 0 Å². The Bertz CT molecular complexity index is 1030. The Kier molecular flexibility index (Phi) is 8.98. The van der Waals surface area contributed by atoms with E-state index in [2.05, 4.69) is 6.07 Å². The molecule has 3 aliphatic rings. The standard InChI is InChI=1S/C29H43N3O6/c1-5-12-32(38-15-6-2)25(33)19-31-18-22(20-7-8-24-21(17-20)10-16-37-24)26(27(34)35)23(31)9-13-30-14-11-29(3,4)28(30)36/h7-8,17,22-23,26H,5-6,9-16,18-19H2,1-4H3,(H,34,35). The highest BCUT2D eigenvalue weighted by Gasteiger charge is 2.48. The van der Waals surface area contributed by atoms with E-state index in [1.165, 1.54) is 5.06 Å². The molecule has 2 amide bonds. The van der Waals surface area contributed by atoms with E-state index in [4.69, 9.17) is 9.57 Å². The summed E-state index contributed by atoms with van der Waals surface area (Å²) in [6, 6.07) is 5.60. The molecular weight excluding hydrogens is 486 g/mol. The first-order valence-corrected chi connectivity index (χ1v) is 14.1. The Morgan fingerprint density at radius 1 is 1.24 bits per heavy atom. The summed E-state index contributed by atoms with van der Waals surface area (Å²) in [7, 11) is 0. The molecule has 0 aromatic heterocycles. The number of carboxylic acids is 1. The van der Waals surface area contributed by atoms with Crippen LogP contribution in [0.3, 0.4) is 0 Å². The van der Waals surface area contributed by atoms with Crippen molar-refractivity contribution in [3.8, 4) is 5.75 Å². The molecule has 3 heterocycles. The summed E-state index contributed by atoms with van der Waals surface area (Å²) in [5.74, 6) is -1.01. The molecule has 3 aliphatic heterocycles. The van der Waals surface area contributed by atoms with Gasteiger partial charge in [-0.15, -0.1) is 0 Å². The highest BCUT2D eigenvalue weighted by Crippen LogP contribution is 2.41. The maximum absolute atomic E-state index is 13.3. The number of rotatable bonds is 12. The molecule has 2 fully saturated rings. The molecule has 0 radical (unpaired) electrons. The quantitative estimate of drug-likeness (QED) is 0.415. The molecule has 210 valence electrons. The third-order valence-electron chi connectivity index (χ3n) is 8.24. The molecule has 4 rings (SSSR count). The highest BCUT2D eigenvalue weighted by atomic mass is 16.7. The van der Waals surface area contributed by atoms with E-state index in [9.17, 15) is 19.5 Å². The zero-order valence-electron chi connectivity index (χ0n) is 23.3. The van der Waals surface area contributed by atoms with E-state index in [0.29, 0.717) is 45.8 Å². The van der Waals surface area contributed by atoms with E-state index < -0.39 is 11.9 Å². The van der Waals surface area contributed by atoms with Gasteiger partial charge >= 0.3 is 5.97 Å². The number of hydrogen-bond donors (Lipinski definition) is 1. The Morgan fingerprint density at radius 2 is 2.03 bits per heavy atom. The van der Waals surface area contributed by atoms with Crippen LogP contribution in [0.4, 0.5) is 0 Å². The van der Waals surface area contributed by atoms with Crippen LogP contribution >= 0.6 is 0 Å². The lowest BCUT2D eigenvalue weighted by Crippen LogP contribution is -2.45. The number of amides is 2. The van der Waals surface area contributed by atoms with Gasteiger partial charge in [0.05, 0.1) is 25.7 Å². The lowest BCUT2D eigenvalue weighted by Gasteiger charge is -2.30. The number of likely N-dealkylation sites (tertiary alicyclic amines) is 2. The number of carbonyl (C=O) groups excluding carboxylic acids is 2. The molecule has 9 heteroatoms. The first-order valence-electron chi connectivity index (χ1n) is 14.1. The number of benzene rings is 1. The van der Waals surface area contributed by atoms with Gasteiger partial charge in [0, 0.05) is 50.0 Å². The number of carbonyl (C=O) groups is 3. The maximum atomic E-state index is 13.3. The molecule has 9 nitrogen and oxygen atoms in total. The van der Waals surface area contributed by atoms with Crippen molar-refractivity contribution in [1.82, 2.24) is 14.9 Å². The number of aliphatic carboxylic acids is 1. The minimum Gasteiger partial charge on any atom is -0.493 e. The van der Waals surface area contributed by atoms with Crippen LogP contribution in [0.25, 0.3) is 0 Å². The van der Waals surface area contributed by atoms with Crippen LogP contribution in [0.5, 0.6) is 5.75 Å². The Balaban J connectivity index is 1.58. The average molecular weight is 530 g/mol. The SMILES string of the molecule is CCCON(CCC)C(=O)CN1CC(c2ccc3c(c2)CCO3)C(C(=O)O)C1CCN1CCC(C)(C)C1=O. The molecule has 1 N–H and O–H groups in total. The monoisotopic (exact) mass is 529 g/mol. The summed E-state index contributed by atoms with van der Waals surface area (Å²) >= 11 is 0. The smallest absolute Gasteiger partial charge is 0.308 e. The number of hydroxylamine groups is 2. The predicted octanol–water partition coefficient (Wildman–Crippen LogP) is 3.32. The van der Waals surface area contributed by atoms with Crippen molar-refractivity contribution >= 4 is 17.8 Å². The maximum Gasteiger partial charge on any atom is 0.308 e. The second kappa shape index (κ2) is 12.0. The molecule has 0 bridgehead atoms. The lowest BCUT2D eigenvalue weighted by atomic mass is 9.83. The average Bonchev–Trinajstić information content (AvgIpc) is 3.56. The topological polar surface area (TPSA) is 99.6 Å². The van der Waals surface area contributed by atoms with E-state index in [1.807, 2.05) is 49.6 Å². The van der Waals surface area contributed by atoms with Gasteiger partial charge in [-0.25, -0.2) is 5.06 Å². The third-order valence-corrected chi connectivity index (χ3v) is 8.24. The van der Waals surface area contributed by atoms with Gasteiger partial charge in [0.25, 0.3) is 5.91 Å². The molecule has 1 aromatic rings. The number of nitrogens with zero attached hydrogens (tertiary/aromatic N) is 3. The van der Waals surface area contributed by atoms with Gasteiger partial charge in [0.15, 0.2) is 0 Å².